The van der Waals surface area contributed by atoms with Crippen LogP contribution in [0.4, 0.5) is 0 Å². The monoisotopic (exact) mass is 335 g/mol. The minimum atomic E-state index is -0.367. The Hall–Kier alpha value is -1.34. The number of hydrazone groups is 1. The van der Waals surface area contributed by atoms with E-state index in [4.69, 9.17) is 0 Å². The van der Waals surface area contributed by atoms with E-state index in [0.717, 1.165) is 51.0 Å². The number of amides is 1. The van der Waals surface area contributed by atoms with Crippen molar-refractivity contribution in [1.82, 2.24) is 20.5 Å². The molecule has 0 radical (unpaired) electrons. The lowest BCUT2D eigenvalue weighted by molar-refractivity contribution is -0.151. The van der Waals surface area contributed by atoms with Crippen molar-refractivity contribution in [3.05, 3.63) is 0 Å². The minimum absolute atomic E-state index is 0.0959. The number of carbonyl (C=O) groups excluding carboxylic acids is 1. The fourth-order valence-electron chi connectivity index (χ4n) is 4.31. The van der Waals surface area contributed by atoms with Crippen molar-refractivity contribution in [3.63, 3.8) is 0 Å². The van der Waals surface area contributed by atoms with Gasteiger partial charge >= 0.3 is 0 Å². The molecule has 0 bridgehead atoms. The molecule has 2 saturated heterocycles. The maximum absolute atomic E-state index is 13.1. The molecule has 4 rings (SSSR count). The van der Waals surface area contributed by atoms with E-state index in [1.165, 1.54) is 0 Å². The summed E-state index contributed by atoms with van der Waals surface area (Å²) in [6.45, 7) is 6.14. The van der Waals surface area contributed by atoms with E-state index in [1.807, 2.05) is 4.90 Å². The zero-order valence-corrected chi connectivity index (χ0v) is 14.7. The molecular weight excluding hydrogens is 306 g/mol. The van der Waals surface area contributed by atoms with Crippen molar-refractivity contribution in [1.29, 1.82) is 0 Å². The van der Waals surface area contributed by atoms with Crippen LogP contribution in [0.3, 0.4) is 0 Å². The van der Waals surface area contributed by atoms with Gasteiger partial charge in [-0.1, -0.05) is 20.3 Å². The Morgan fingerprint density at radius 2 is 2.21 bits per heavy atom. The van der Waals surface area contributed by atoms with Gasteiger partial charge in [-0.2, -0.15) is 5.10 Å². The molecule has 1 amide bonds. The number of hydrogen-bond acceptors (Lipinski definition) is 6. The first-order valence-electron chi connectivity index (χ1n) is 9.36. The van der Waals surface area contributed by atoms with Crippen molar-refractivity contribution < 1.29 is 9.90 Å². The summed E-state index contributed by atoms with van der Waals surface area (Å²) in [5.74, 6) is 1.39. The summed E-state index contributed by atoms with van der Waals surface area (Å²) in [5, 5.41) is 17.8. The molecule has 3 heterocycles. The molecule has 1 aliphatic carbocycles. The number of fused-ring (bicyclic) bond motifs is 3. The number of carbonyl (C=O) groups is 1. The average molecular weight is 335 g/mol. The van der Waals surface area contributed by atoms with Crippen LogP contribution in [0.15, 0.2) is 5.10 Å². The van der Waals surface area contributed by atoms with Crippen molar-refractivity contribution >= 4 is 11.7 Å². The zero-order valence-electron chi connectivity index (χ0n) is 14.7. The van der Waals surface area contributed by atoms with Gasteiger partial charge in [-0.15, -0.1) is 0 Å². The predicted octanol–water partition coefficient (Wildman–Crippen LogP) is 0.270. The molecule has 4 aliphatic rings. The fraction of sp³-hybridized carbons (Fsp3) is 0.882. The third-order valence-corrected chi connectivity index (χ3v) is 6.14. The van der Waals surface area contributed by atoms with Gasteiger partial charge in [0.05, 0.1) is 6.04 Å². The summed E-state index contributed by atoms with van der Waals surface area (Å²) < 4.78 is 0. The molecule has 4 unspecified atom stereocenters. The number of amidine groups is 1. The molecule has 4 atom stereocenters. The van der Waals surface area contributed by atoms with Crippen molar-refractivity contribution in [3.8, 4) is 0 Å². The normalized spacial score (nSPS) is 36.8. The van der Waals surface area contributed by atoms with Crippen LogP contribution in [0.25, 0.3) is 0 Å². The molecule has 3 aliphatic heterocycles. The molecule has 0 aromatic carbocycles. The number of rotatable bonds is 5. The van der Waals surface area contributed by atoms with Crippen LogP contribution in [0.1, 0.15) is 46.0 Å². The van der Waals surface area contributed by atoms with Gasteiger partial charge in [0.25, 0.3) is 5.91 Å². The molecule has 0 aromatic heterocycles. The summed E-state index contributed by atoms with van der Waals surface area (Å²) in [6, 6.07) is 0.110. The lowest BCUT2D eigenvalue weighted by Crippen LogP contribution is -2.74. The van der Waals surface area contributed by atoms with Crippen molar-refractivity contribution in [2.75, 3.05) is 19.7 Å². The Bertz CT molecular complexity index is 547. The minimum Gasteiger partial charge on any atom is -0.396 e. The number of unbranched alkanes of at least 4 members (excludes halogenated alkanes) is 1. The van der Waals surface area contributed by atoms with Crippen LogP contribution in [0.5, 0.6) is 0 Å². The highest BCUT2D eigenvalue weighted by atomic mass is 16.3. The highest BCUT2D eigenvalue weighted by molar-refractivity contribution is 5.97. The smallest absolute Gasteiger partial charge is 0.267 e. The van der Waals surface area contributed by atoms with E-state index in [1.54, 1.807) is 0 Å². The topological polar surface area (TPSA) is 80.2 Å². The summed E-state index contributed by atoms with van der Waals surface area (Å²) in [7, 11) is 0. The van der Waals surface area contributed by atoms with Gasteiger partial charge in [-0.05, 0) is 31.6 Å². The third-order valence-electron chi connectivity index (χ3n) is 6.14. The number of nitrogens with one attached hydrogen (secondary N) is 2. The van der Waals surface area contributed by atoms with E-state index >= 15 is 0 Å². The molecule has 134 valence electrons. The van der Waals surface area contributed by atoms with Gasteiger partial charge in [-0.3, -0.25) is 15.5 Å². The summed E-state index contributed by atoms with van der Waals surface area (Å²) in [4.78, 5) is 17.4. The Balaban J connectivity index is 1.63. The highest BCUT2D eigenvalue weighted by Gasteiger charge is 2.57. The van der Waals surface area contributed by atoms with Crippen LogP contribution in [-0.4, -0.2) is 64.7 Å². The van der Waals surface area contributed by atoms with Crippen LogP contribution >= 0.6 is 0 Å². The Morgan fingerprint density at radius 1 is 1.42 bits per heavy atom. The molecule has 24 heavy (non-hydrogen) atoms. The molecule has 7 nitrogen and oxygen atoms in total. The quantitative estimate of drug-likeness (QED) is 0.672. The molecular formula is C17H29N5O2. The second-order valence-corrected chi connectivity index (χ2v) is 8.02. The van der Waals surface area contributed by atoms with Crippen molar-refractivity contribution in [2.45, 2.75) is 64.3 Å². The summed E-state index contributed by atoms with van der Waals surface area (Å²) in [5.41, 5.74) is 3.22. The van der Waals surface area contributed by atoms with Gasteiger partial charge in [0.1, 0.15) is 12.0 Å². The fourth-order valence-corrected chi connectivity index (χ4v) is 4.31. The first-order chi connectivity index (χ1) is 11.6. The SMILES string of the molecule is CCCCN1C(=O)C2NN=C(C3(C)CC3)N2C2NCC(CO)CC21. The maximum Gasteiger partial charge on any atom is 0.267 e. The largest absolute Gasteiger partial charge is 0.396 e. The highest BCUT2D eigenvalue weighted by Crippen LogP contribution is 2.49. The number of nitrogens with zero attached hydrogens (tertiary/aromatic N) is 3. The Morgan fingerprint density at radius 3 is 2.88 bits per heavy atom. The molecule has 3 N–H and O–H groups in total. The second-order valence-electron chi connectivity index (χ2n) is 8.02. The standard InChI is InChI=1S/C17H29N5O2/c1-3-4-7-21-12-8-11(10-23)9-18-13(12)22-14(15(21)24)19-20-16(22)17(2)5-6-17/h11-14,18-19,23H,3-10H2,1-2H3. The van der Waals surface area contributed by atoms with Gasteiger partial charge in [0.15, 0.2) is 6.17 Å². The molecule has 3 fully saturated rings. The van der Waals surface area contributed by atoms with Crippen LogP contribution in [-0.2, 0) is 4.79 Å². The zero-order chi connectivity index (χ0) is 16.9. The predicted molar refractivity (Wildman–Crippen MR) is 90.9 cm³/mol. The first-order valence-corrected chi connectivity index (χ1v) is 9.36. The number of piperazine rings is 1. The molecule has 0 aromatic rings. The lowest BCUT2D eigenvalue weighted by atomic mass is 9.89. The Kier molecular flexibility index (Phi) is 3.95. The van der Waals surface area contributed by atoms with E-state index in [2.05, 4.69) is 34.6 Å². The maximum atomic E-state index is 13.1. The number of aliphatic hydroxyl groups excluding tert-OH is 1. The van der Waals surface area contributed by atoms with E-state index in [9.17, 15) is 9.90 Å². The Labute approximate surface area is 143 Å². The van der Waals surface area contributed by atoms with E-state index in [-0.39, 0.29) is 42.2 Å². The summed E-state index contributed by atoms with van der Waals surface area (Å²) in [6.07, 6.45) is 4.95. The number of aliphatic hydroxyl groups is 1. The van der Waals surface area contributed by atoms with Crippen LogP contribution < -0.4 is 10.7 Å². The first kappa shape index (κ1) is 16.1. The number of hydrogen-bond donors (Lipinski definition) is 3. The third kappa shape index (κ3) is 2.40. The second kappa shape index (κ2) is 5.88. The number of piperidine rings is 1. The van der Waals surface area contributed by atoms with Gasteiger partial charge in [0.2, 0.25) is 0 Å². The lowest BCUT2D eigenvalue weighted by Gasteiger charge is -2.53. The van der Waals surface area contributed by atoms with Crippen LogP contribution in [0, 0.1) is 11.3 Å². The van der Waals surface area contributed by atoms with Crippen LogP contribution in [0.2, 0.25) is 0 Å². The summed E-state index contributed by atoms with van der Waals surface area (Å²) >= 11 is 0. The molecule has 7 heteroatoms. The van der Waals surface area contributed by atoms with Gasteiger partial charge in [-0.25, -0.2) is 0 Å². The van der Waals surface area contributed by atoms with Crippen molar-refractivity contribution in [2.24, 2.45) is 16.4 Å². The average Bonchev–Trinajstić information content (AvgIpc) is 3.18. The van der Waals surface area contributed by atoms with Gasteiger partial charge < -0.3 is 14.9 Å². The molecule has 1 saturated carbocycles. The van der Waals surface area contributed by atoms with E-state index in [0.29, 0.717) is 0 Å². The molecule has 0 spiro atoms. The van der Waals surface area contributed by atoms with Gasteiger partial charge in [0, 0.05) is 25.1 Å². The van der Waals surface area contributed by atoms with E-state index < -0.39 is 0 Å².